The van der Waals surface area contributed by atoms with Crippen LogP contribution in [0.15, 0.2) is 11.4 Å². The Balaban J connectivity index is 2.35. The summed E-state index contributed by atoms with van der Waals surface area (Å²) in [5.74, 6) is -0.226. The fourth-order valence-corrected chi connectivity index (χ4v) is 2.29. The van der Waals surface area contributed by atoms with Crippen LogP contribution in [0.4, 0.5) is 5.69 Å². The molecular formula is C10H12N2O2S. The first-order valence-corrected chi connectivity index (χ1v) is 5.67. The number of hydrogen-bond donors (Lipinski definition) is 2. The number of thiophene rings is 1. The zero-order valence-corrected chi connectivity index (χ0v) is 9.35. The summed E-state index contributed by atoms with van der Waals surface area (Å²) in [4.78, 5) is 24.1. The van der Waals surface area contributed by atoms with Gasteiger partial charge in [0.2, 0.25) is 5.91 Å². The molecule has 1 aromatic heterocycles. The van der Waals surface area contributed by atoms with Crippen molar-refractivity contribution in [2.75, 3.05) is 5.32 Å². The second-order valence-corrected chi connectivity index (χ2v) is 4.76. The lowest BCUT2D eigenvalue weighted by atomic mass is 10.0. The Morgan fingerprint density at radius 1 is 1.40 bits per heavy atom. The summed E-state index contributed by atoms with van der Waals surface area (Å²) in [5, 5.41) is 7.27. The Hall–Kier alpha value is -1.36. The number of fused-ring (bicyclic) bond motifs is 1. The molecule has 0 aliphatic carbocycles. The molecule has 0 aromatic carbocycles. The predicted octanol–water partition coefficient (Wildman–Crippen LogP) is 1.45. The summed E-state index contributed by atoms with van der Waals surface area (Å²) in [7, 11) is 0. The average Bonchev–Trinajstić information content (AvgIpc) is 2.56. The van der Waals surface area contributed by atoms with Crippen molar-refractivity contribution in [2.45, 2.75) is 19.9 Å². The zero-order chi connectivity index (χ0) is 11.0. The van der Waals surface area contributed by atoms with Crippen LogP contribution in [0.25, 0.3) is 0 Å². The number of amides is 2. The average molecular weight is 224 g/mol. The van der Waals surface area contributed by atoms with Gasteiger partial charge < -0.3 is 10.6 Å². The molecule has 1 aliphatic heterocycles. The van der Waals surface area contributed by atoms with E-state index in [4.69, 9.17) is 0 Å². The SMILES string of the molecule is CC(C)C1NC(=O)c2sccc2NC1=O. The van der Waals surface area contributed by atoms with Crippen LogP contribution in [-0.2, 0) is 4.79 Å². The summed E-state index contributed by atoms with van der Waals surface area (Å²) >= 11 is 1.34. The van der Waals surface area contributed by atoms with E-state index in [1.165, 1.54) is 11.3 Å². The van der Waals surface area contributed by atoms with Gasteiger partial charge in [-0.1, -0.05) is 13.8 Å². The topological polar surface area (TPSA) is 58.2 Å². The minimum Gasteiger partial charge on any atom is -0.339 e. The number of anilines is 1. The first-order chi connectivity index (χ1) is 7.09. The van der Waals surface area contributed by atoms with Crippen LogP contribution in [0.1, 0.15) is 23.5 Å². The van der Waals surface area contributed by atoms with Gasteiger partial charge in [-0.05, 0) is 17.4 Å². The second-order valence-electron chi connectivity index (χ2n) is 3.85. The third-order valence-electron chi connectivity index (χ3n) is 2.37. The highest BCUT2D eigenvalue weighted by Gasteiger charge is 2.30. The molecule has 1 atom stereocenters. The third-order valence-corrected chi connectivity index (χ3v) is 3.28. The van der Waals surface area contributed by atoms with Crippen molar-refractivity contribution in [3.05, 3.63) is 16.3 Å². The van der Waals surface area contributed by atoms with E-state index in [-0.39, 0.29) is 17.7 Å². The minimum absolute atomic E-state index is 0.0861. The molecule has 1 unspecified atom stereocenters. The number of hydrogen-bond acceptors (Lipinski definition) is 3. The van der Waals surface area contributed by atoms with Gasteiger partial charge in [0.05, 0.1) is 5.69 Å². The van der Waals surface area contributed by atoms with Crippen LogP contribution in [-0.4, -0.2) is 17.9 Å². The van der Waals surface area contributed by atoms with Crippen molar-refractivity contribution < 1.29 is 9.59 Å². The largest absolute Gasteiger partial charge is 0.339 e. The van der Waals surface area contributed by atoms with Gasteiger partial charge in [-0.25, -0.2) is 0 Å². The molecule has 0 bridgehead atoms. The van der Waals surface area contributed by atoms with Gasteiger partial charge in [-0.15, -0.1) is 11.3 Å². The van der Waals surface area contributed by atoms with E-state index in [1.54, 1.807) is 11.4 Å². The maximum Gasteiger partial charge on any atom is 0.264 e. The zero-order valence-electron chi connectivity index (χ0n) is 8.53. The lowest BCUT2D eigenvalue weighted by molar-refractivity contribution is -0.118. The van der Waals surface area contributed by atoms with Crippen LogP contribution in [0.2, 0.25) is 0 Å². The Bertz CT molecular complexity index is 411. The highest BCUT2D eigenvalue weighted by atomic mass is 32.1. The Labute approximate surface area is 91.7 Å². The Morgan fingerprint density at radius 3 is 2.80 bits per heavy atom. The van der Waals surface area contributed by atoms with E-state index < -0.39 is 6.04 Å². The molecule has 2 N–H and O–H groups in total. The monoisotopic (exact) mass is 224 g/mol. The molecule has 0 spiro atoms. The van der Waals surface area contributed by atoms with Crippen molar-refractivity contribution in [2.24, 2.45) is 5.92 Å². The molecule has 5 heteroatoms. The molecule has 1 aromatic rings. The van der Waals surface area contributed by atoms with Crippen LogP contribution in [0.5, 0.6) is 0 Å². The maximum absolute atomic E-state index is 11.7. The summed E-state index contributed by atoms with van der Waals surface area (Å²) < 4.78 is 0. The Morgan fingerprint density at radius 2 is 2.13 bits per heavy atom. The number of carbonyl (C=O) groups excluding carboxylic acids is 2. The molecule has 0 saturated carbocycles. The molecule has 4 nitrogen and oxygen atoms in total. The Kier molecular flexibility index (Phi) is 2.48. The van der Waals surface area contributed by atoms with E-state index in [9.17, 15) is 9.59 Å². The van der Waals surface area contributed by atoms with E-state index in [0.717, 1.165) is 0 Å². The van der Waals surface area contributed by atoms with E-state index in [1.807, 2.05) is 13.8 Å². The second kappa shape index (κ2) is 3.66. The number of carbonyl (C=O) groups is 2. The summed E-state index contributed by atoms with van der Waals surface area (Å²) in [6, 6.07) is 1.30. The van der Waals surface area contributed by atoms with Crippen LogP contribution < -0.4 is 10.6 Å². The highest BCUT2D eigenvalue weighted by molar-refractivity contribution is 7.12. The smallest absolute Gasteiger partial charge is 0.264 e. The van der Waals surface area contributed by atoms with Gasteiger partial charge in [-0.2, -0.15) is 0 Å². The first-order valence-electron chi connectivity index (χ1n) is 4.79. The van der Waals surface area contributed by atoms with Gasteiger partial charge in [-0.3, -0.25) is 9.59 Å². The molecular weight excluding hydrogens is 212 g/mol. The number of rotatable bonds is 1. The van der Waals surface area contributed by atoms with E-state index in [2.05, 4.69) is 10.6 Å². The van der Waals surface area contributed by atoms with Gasteiger partial charge in [0.25, 0.3) is 5.91 Å². The van der Waals surface area contributed by atoms with Gasteiger partial charge >= 0.3 is 0 Å². The normalized spacial score (nSPS) is 20.6. The molecule has 2 heterocycles. The van der Waals surface area contributed by atoms with Crippen LogP contribution in [0.3, 0.4) is 0 Å². The lowest BCUT2D eigenvalue weighted by Gasteiger charge is -2.17. The fourth-order valence-electron chi connectivity index (χ4n) is 1.54. The summed E-state index contributed by atoms with van der Waals surface area (Å²) in [6.45, 7) is 3.81. The molecule has 1 aliphatic rings. The van der Waals surface area contributed by atoms with Crippen LogP contribution >= 0.6 is 11.3 Å². The summed E-state index contributed by atoms with van der Waals surface area (Å²) in [6.07, 6.45) is 0. The minimum atomic E-state index is -0.447. The molecule has 2 amide bonds. The third kappa shape index (κ3) is 1.74. The number of nitrogens with one attached hydrogen (secondary N) is 2. The molecule has 0 radical (unpaired) electrons. The molecule has 15 heavy (non-hydrogen) atoms. The van der Waals surface area contributed by atoms with Crippen molar-refractivity contribution in [1.82, 2.24) is 5.32 Å². The molecule has 0 fully saturated rings. The quantitative estimate of drug-likeness (QED) is 0.758. The van der Waals surface area contributed by atoms with Crippen molar-refractivity contribution >= 4 is 28.8 Å². The van der Waals surface area contributed by atoms with Crippen LogP contribution in [0, 0.1) is 5.92 Å². The fraction of sp³-hybridized carbons (Fsp3) is 0.400. The van der Waals surface area contributed by atoms with Crippen molar-refractivity contribution in [1.29, 1.82) is 0 Å². The standard InChI is InChI=1S/C10H12N2O2S/c1-5(2)7-9(13)11-6-3-4-15-8(6)10(14)12-7/h3-5,7H,1-2H3,(H,11,13)(H,12,14). The van der Waals surface area contributed by atoms with E-state index >= 15 is 0 Å². The summed E-state index contributed by atoms with van der Waals surface area (Å²) in [5.41, 5.74) is 0.616. The van der Waals surface area contributed by atoms with Gasteiger partial charge in [0, 0.05) is 0 Å². The van der Waals surface area contributed by atoms with Crippen molar-refractivity contribution in [3.63, 3.8) is 0 Å². The van der Waals surface area contributed by atoms with E-state index in [0.29, 0.717) is 10.6 Å². The molecule has 80 valence electrons. The van der Waals surface area contributed by atoms with Crippen molar-refractivity contribution in [3.8, 4) is 0 Å². The van der Waals surface area contributed by atoms with Gasteiger partial charge in [0.1, 0.15) is 10.9 Å². The molecule has 0 saturated heterocycles. The first kappa shape index (κ1) is 10.2. The lowest BCUT2D eigenvalue weighted by Crippen LogP contribution is -2.44. The predicted molar refractivity (Wildman–Crippen MR) is 59.0 cm³/mol. The molecule has 2 rings (SSSR count). The van der Waals surface area contributed by atoms with Gasteiger partial charge in [0.15, 0.2) is 0 Å². The maximum atomic E-state index is 11.7. The highest BCUT2D eigenvalue weighted by Crippen LogP contribution is 2.25.